The molecule has 0 fully saturated rings. The third-order valence-corrected chi connectivity index (χ3v) is 5.65. The zero-order valence-electron chi connectivity index (χ0n) is 21.6. The first kappa shape index (κ1) is 29.1. The van der Waals surface area contributed by atoms with Crippen molar-refractivity contribution in [2.45, 2.75) is 39.3 Å². The summed E-state index contributed by atoms with van der Waals surface area (Å²) in [7, 11) is 1.62. The predicted molar refractivity (Wildman–Crippen MR) is 142 cm³/mol. The van der Waals surface area contributed by atoms with Gasteiger partial charge in [-0.3, -0.25) is 0 Å². The number of aromatic carboxylic acids is 1. The molecule has 3 rings (SSSR count). The van der Waals surface area contributed by atoms with E-state index in [4.69, 9.17) is 15.2 Å². The Bertz CT molecular complexity index is 1180. The standard InChI is InChI=1S/C20H21NO6.C9H13N/c1-4-21(3)20(25)27-15-9-7-8-14(12-15)13(2)26-19(24)17-11-6-5-10-16(17)18(22)23;1-2-9(10)8-6-4-3-5-7-8/h5-13H,4H2,1-3H3,(H,22,23);3-7,9H,2,10H2,1H3/t;9-/m.1/s1. The molecule has 0 aliphatic heterocycles. The summed E-state index contributed by atoms with van der Waals surface area (Å²) in [4.78, 5) is 36.9. The smallest absolute Gasteiger partial charge is 0.414 e. The van der Waals surface area contributed by atoms with Gasteiger partial charge in [-0.2, -0.15) is 0 Å². The van der Waals surface area contributed by atoms with Crippen molar-refractivity contribution >= 4 is 18.0 Å². The van der Waals surface area contributed by atoms with Crippen LogP contribution in [0, 0.1) is 0 Å². The summed E-state index contributed by atoms with van der Waals surface area (Å²) in [5.41, 5.74) is 7.48. The van der Waals surface area contributed by atoms with E-state index in [9.17, 15) is 19.5 Å². The molecule has 2 atom stereocenters. The van der Waals surface area contributed by atoms with Gasteiger partial charge in [0.25, 0.3) is 0 Å². The number of benzene rings is 3. The molecule has 1 amide bonds. The summed E-state index contributed by atoms with van der Waals surface area (Å²) < 4.78 is 10.7. The second-order valence-electron chi connectivity index (χ2n) is 8.28. The highest BCUT2D eigenvalue weighted by Gasteiger charge is 2.20. The number of carbonyl (C=O) groups excluding carboxylic acids is 2. The average molecular weight is 507 g/mol. The van der Waals surface area contributed by atoms with Gasteiger partial charge in [0, 0.05) is 19.6 Å². The lowest BCUT2D eigenvalue weighted by atomic mass is 10.1. The van der Waals surface area contributed by atoms with Crippen LogP contribution in [-0.2, 0) is 4.74 Å². The van der Waals surface area contributed by atoms with Gasteiger partial charge in [-0.1, -0.05) is 61.5 Å². The highest BCUT2D eigenvalue weighted by molar-refractivity contribution is 6.02. The van der Waals surface area contributed by atoms with Gasteiger partial charge in [-0.15, -0.1) is 0 Å². The number of hydrogen-bond acceptors (Lipinski definition) is 6. The van der Waals surface area contributed by atoms with Crippen molar-refractivity contribution in [3.05, 3.63) is 101 Å². The Kier molecular flexibility index (Phi) is 11.3. The van der Waals surface area contributed by atoms with Crippen molar-refractivity contribution < 1.29 is 29.0 Å². The Morgan fingerprint density at radius 1 is 0.892 bits per heavy atom. The number of hydrogen-bond donors (Lipinski definition) is 2. The fraction of sp³-hybridized carbons (Fsp3) is 0.276. The molecule has 0 saturated carbocycles. The molecule has 0 aliphatic rings. The van der Waals surface area contributed by atoms with E-state index < -0.39 is 24.1 Å². The van der Waals surface area contributed by atoms with E-state index in [-0.39, 0.29) is 17.2 Å². The summed E-state index contributed by atoms with van der Waals surface area (Å²) >= 11 is 0. The number of ether oxygens (including phenoxy) is 2. The molecule has 0 spiro atoms. The molecule has 196 valence electrons. The first-order valence-electron chi connectivity index (χ1n) is 12.0. The fourth-order valence-electron chi connectivity index (χ4n) is 3.21. The Morgan fingerprint density at radius 3 is 2.08 bits per heavy atom. The fourth-order valence-corrected chi connectivity index (χ4v) is 3.21. The maximum atomic E-state index is 12.4. The van der Waals surface area contributed by atoms with Crippen molar-refractivity contribution in [2.24, 2.45) is 5.73 Å². The molecular formula is C29H34N2O6. The second-order valence-corrected chi connectivity index (χ2v) is 8.28. The number of rotatable bonds is 8. The summed E-state index contributed by atoms with van der Waals surface area (Å²) in [5.74, 6) is -1.62. The third kappa shape index (κ3) is 8.77. The van der Waals surface area contributed by atoms with Crippen LogP contribution < -0.4 is 10.5 Å². The van der Waals surface area contributed by atoms with E-state index in [1.807, 2.05) is 25.1 Å². The second kappa shape index (κ2) is 14.4. The molecule has 3 aromatic rings. The van der Waals surface area contributed by atoms with E-state index in [0.717, 1.165) is 6.42 Å². The predicted octanol–water partition coefficient (Wildman–Crippen LogP) is 5.85. The molecule has 0 radical (unpaired) electrons. The van der Waals surface area contributed by atoms with Gasteiger partial charge in [0.05, 0.1) is 11.1 Å². The zero-order chi connectivity index (χ0) is 27.4. The summed E-state index contributed by atoms with van der Waals surface area (Å²) in [6.07, 6.45) is -0.152. The van der Waals surface area contributed by atoms with Crippen molar-refractivity contribution in [3.63, 3.8) is 0 Å². The Morgan fingerprint density at radius 2 is 1.49 bits per heavy atom. The van der Waals surface area contributed by atoms with Crippen LogP contribution in [-0.4, -0.2) is 41.6 Å². The van der Waals surface area contributed by atoms with Crippen LogP contribution in [0.4, 0.5) is 4.79 Å². The highest BCUT2D eigenvalue weighted by atomic mass is 16.6. The third-order valence-electron chi connectivity index (χ3n) is 5.65. The summed E-state index contributed by atoms with van der Waals surface area (Å²) in [5, 5.41) is 9.19. The van der Waals surface area contributed by atoms with Crippen LogP contribution in [0.2, 0.25) is 0 Å². The van der Waals surface area contributed by atoms with Crippen molar-refractivity contribution in [1.82, 2.24) is 4.90 Å². The van der Waals surface area contributed by atoms with Gasteiger partial charge < -0.3 is 25.2 Å². The van der Waals surface area contributed by atoms with E-state index in [1.165, 1.54) is 28.7 Å². The lowest BCUT2D eigenvalue weighted by molar-refractivity contribution is 0.0331. The van der Waals surface area contributed by atoms with E-state index >= 15 is 0 Å². The number of carboxylic acid groups (broad SMARTS) is 1. The van der Waals surface area contributed by atoms with Gasteiger partial charge in [0.2, 0.25) is 0 Å². The number of amides is 1. The van der Waals surface area contributed by atoms with Crippen LogP contribution in [0.5, 0.6) is 5.75 Å². The molecule has 0 aromatic heterocycles. The number of carbonyl (C=O) groups is 3. The molecule has 3 N–H and O–H groups in total. The molecule has 8 nitrogen and oxygen atoms in total. The Balaban J connectivity index is 0.000000402. The number of esters is 1. The largest absolute Gasteiger partial charge is 0.478 e. The molecule has 37 heavy (non-hydrogen) atoms. The molecule has 1 unspecified atom stereocenters. The van der Waals surface area contributed by atoms with Crippen molar-refractivity contribution in [2.75, 3.05) is 13.6 Å². The minimum atomic E-state index is -1.20. The molecule has 0 saturated heterocycles. The normalized spacial score (nSPS) is 11.8. The first-order valence-corrected chi connectivity index (χ1v) is 12.0. The maximum Gasteiger partial charge on any atom is 0.414 e. The van der Waals surface area contributed by atoms with E-state index in [1.54, 1.807) is 44.3 Å². The first-order chi connectivity index (χ1) is 17.7. The van der Waals surface area contributed by atoms with Crippen LogP contribution in [0.15, 0.2) is 78.9 Å². The van der Waals surface area contributed by atoms with Gasteiger partial charge in [0.1, 0.15) is 11.9 Å². The number of carboxylic acids is 1. The van der Waals surface area contributed by atoms with Gasteiger partial charge >= 0.3 is 18.0 Å². The number of nitrogens with zero attached hydrogens (tertiary/aromatic N) is 1. The zero-order valence-corrected chi connectivity index (χ0v) is 21.6. The molecule has 0 aliphatic carbocycles. The monoisotopic (exact) mass is 506 g/mol. The molecule has 0 bridgehead atoms. The van der Waals surface area contributed by atoms with Crippen molar-refractivity contribution in [1.29, 1.82) is 0 Å². The van der Waals surface area contributed by atoms with Gasteiger partial charge in [-0.05, 0) is 55.7 Å². The number of nitrogens with two attached hydrogens (primary N) is 1. The minimum Gasteiger partial charge on any atom is -0.478 e. The Labute approximate surface area is 217 Å². The molecule has 8 heteroatoms. The van der Waals surface area contributed by atoms with Crippen LogP contribution in [0.3, 0.4) is 0 Å². The summed E-state index contributed by atoms with van der Waals surface area (Å²) in [6.45, 7) is 6.09. The molecular weight excluding hydrogens is 472 g/mol. The SMILES string of the molecule is CCN(C)C(=O)Oc1cccc(C(C)OC(=O)c2ccccc2C(=O)O)c1.CC[C@@H](N)c1ccccc1. The van der Waals surface area contributed by atoms with Gasteiger partial charge in [-0.25, -0.2) is 14.4 Å². The van der Waals surface area contributed by atoms with Crippen LogP contribution >= 0.6 is 0 Å². The van der Waals surface area contributed by atoms with E-state index in [0.29, 0.717) is 17.9 Å². The minimum absolute atomic E-state index is 0.0241. The quantitative estimate of drug-likeness (QED) is 0.368. The topological polar surface area (TPSA) is 119 Å². The van der Waals surface area contributed by atoms with Crippen molar-refractivity contribution in [3.8, 4) is 5.75 Å². The highest BCUT2D eigenvalue weighted by Crippen LogP contribution is 2.24. The molecule has 0 heterocycles. The maximum absolute atomic E-state index is 12.4. The molecule has 3 aromatic carbocycles. The lowest BCUT2D eigenvalue weighted by Crippen LogP contribution is -2.29. The Hall–Kier alpha value is -4.17. The summed E-state index contributed by atoms with van der Waals surface area (Å²) in [6, 6.07) is 22.9. The van der Waals surface area contributed by atoms with Crippen LogP contribution in [0.25, 0.3) is 0 Å². The average Bonchev–Trinajstić information content (AvgIpc) is 2.92. The lowest BCUT2D eigenvalue weighted by Gasteiger charge is -2.17. The van der Waals surface area contributed by atoms with Crippen LogP contribution in [0.1, 0.15) is 71.2 Å². The van der Waals surface area contributed by atoms with Gasteiger partial charge in [0.15, 0.2) is 0 Å². The van der Waals surface area contributed by atoms with E-state index in [2.05, 4.69) is 19.1 Å².